The van der Waals surface area contributed by atoms with Gasteiger partial charge in [0.15, 0.2) is 0 Å². The number of methoxy groups -OCH3 is 1. The first-order chi connectivity index (χ1) is 10.7. The lowest BCUT2D eigenvalue weighted by Crippen LogP contribution is -1.99. The van der Waals surface area contributed by atoms with E-state index in [9.17, 15) is 4.39 Å². The minimum Gasteiger partial charge on any atom is -0.497 e. The summed E-state index contributed by atoms with van der Waals surface area (Å²) in [5, 5.41) is 0.881. The van der Waals surface area contributed by atoms with Crippen molar-refractivity contribution in [2.45, 2.75) is 6.61 Å². The Morgan fingerprint density at radius 1 is 1.09 bits per heavy atom. The molecule has 112 valence electrons. The average Bonchev–Trinajstić information content (AvgIpc) is 2.54. The summed E-state index contributed by atoms with van der Waals surface area (Å²) in [4.78, 5) is 4.41. The van der Waals surface area contributed by atoms with Crippen LogP contribution in [-0.4, -0.2) is 12.1 Å². The Kier molecular flexibility index (Phi) is 3.78. The molecule has 0 unspecified atom stereocenters. The topological polar surface area (TPSA) is 57.4 Å². The van der Waals surface area contributed by atoms with E-state index in [2.05, 4.69) is 4.98 Å². The smallest absolute Gasteiger partial charge is 0.214 e. The number of hydrogen-bond donors (Lipinski definition) is 1. The summed E-state index contributed by atoms with van der Waals surface area (Å²) in [7, 11) is 1.59. The van der Waals surface area contributed by atoms with Crippen molar-refractivity contribution in [1.29, 1.82) is 0 Å². The van der Waals surface area contributed by atoms with Gasteiger partial charge in [0.1, 0.15) is 18.2 Å². The van der Waals surface area contributed by atoms with Crippen molar-refractivity contribution in [3.05, 3.63) is 59.9 Å². The fraction of sp³-hybridized carbons (Fsp3) is 0.118. The van der Waals surface area contributed by atoms with Crippen LogP contribution in [0.1, 0.15) is 5.56 Å². The number of fused-ring (bicyclic) bond motifs is 1. The van der Waals surface area contributed by atoms with Gasteiger partial charge in [-0.05, 0) is 29.8 Å². The van der Waals surface area contributed by atoms with Crippen LogP contribution >= 0.6 is 0 Å². The highest BCUT2D eigenvalue weighted by Crippen LogP contribution is 2.27. The Bertz CT molecular complexity index is 804. The number of pyridine rings is 1. The van der Waals surface area contributed by atoms with Gasteiger partial charge in [-0.3, -0.25) is 0 Å². The van der Waals surface area contributed by atoms with Crippen molar-refractivity contribution < 1.29 is 13.9 Å². The summed E-state index contributed by atoms with van der Waals surface area (Å²) < 4.78 is 23.7. The first kappa shape index (κ1) is 14.1. The van der Waals surface area contributed by atoms with Crippen molar-refractivity contribution in [2.24, 2.45) is 0 Å². The van der Waals surface area contributed by atoms with Gasteiger partial charge in [0.05, 0.1) is 18.3 Å². The fourth-order valence-corrected chi connectivity index (χ4v) is 2.15. The van der Waals surface area contributed by atoms with Crippen LogP contribution in [0.5, 0.6) is 11.6 Å². The molecule has 4 nitrogen and oxygen atoms in total. The summed E-state index contributed by atoms with van der Waals surface area (Å²) in [5.41, 5.74) is 8.05. The Balaban J connectivity index is 1.82. The molecule has 3 rings (SSSR count). The second kappa shape index (κ2) is 5.89. The van der Waals surface area contributed by atoms with Gasteiger partial charge in [0.2, 0.25) is 5.88 Å². The number of nitrogens with zero attached hydrogens (tertiary/aromatic N) is 1. The number of nitrogens with two attached hydrogens (primary N) is 1. The third-order valence-corrected chi connectivity index (χ3v) is 3.31. The molecule has 1 heterocycles. The van der Waals surface area contributed by atoms with Crippen LogP contribution in [0.3, 0.4) is 0 Å². The third kappa shape index (κ3) is 2.93. The van der Waals surface area contributed by atoms with Gasteiger partial charge in [-0.2, -0.15) is 0 Å². The van der Waals surface area contributed by atoms with Gasteiger partial charge in [0, 0.05) is 17.5 Å². The Morgan fingerprint density at radius 3 is 2.59 bits per heavy atom. The lowest BCUT2D eigenvalue weighted by Gasteiger charge is -2.09. The van der Waals surface area contributed by atoms with Crippen LogP contribution in [0, 0.1) is 5.82 Å². The molecule has 0 aliphatic carbocycles. The summed E-state index contributed by atoms with van der Waals surface area (Å²) in [6.07, 6.45) is 0. The molecule has 0 bridgehead atoms. The van der Waals surface area contributed by atoms with E-state index in [1.165, 1.54) is 12.1 Å². The second-order valence-electron chi connectivity index (χ2n) is 4.85. The summed E-state index contributed by atoms with van der Waals surface area (Å²) in [6, 6.07) is 13.4. The molecule has 0 saturated carbocycles. The van der Waals surface area contributed by atoms with Crippen LogP contribution in [0.15, 0.2) is 48.5 Å². The Labute approximate surface area is 127 Å². The normalized spacial score (nSPS) is 10.6. The highest BCUT2D eigenvalue weighted by Gasteiger charge is 2.06. The lowest BCUT2D eigenvalue weighted by molar-refractivity contribution is 0.295. The molecular formula is C17H15FN2O2. The molecule has 0 atom stereocenters. The molecule has 2 aromatic carbocycles. The van der Waals surface area contributed by atoms with E-state index in [0.29, 0.717) is 29.4 Å². The van der Waals surface area contributed by atoms with E-state index in [0.717, 1.165) is 10.9 Å². The van der Waals surface area contributed by atoms with E-state index in [-0.39, 0.29) is 5.82 Å². The van der Waals surface area contributed by atoms with Crippen LogP contribution < -0.4 is 15.2 Å². The average molecular weight is 298 g/mol. The summed E-state index contributed by atoms with van der Waals surface area (Å²) in [5.74, 6) is 0.884. The van der Waals surface area contributed by atoms with Crippen LogP contribution in [-0.2, 0) is 6.61 Å². The molecule has 0 aliphatic rings. The standard InChI is InChI=1S/C17H15FN2O2/c1-21-14-8-12-4-7-16(20-17(12)15(19)9-14)22-10-11-2-5-13(18)6-3-11/h2-9H,10,19H2,1H3. The van der Waals surface area contributed by atoms with E-state index >= 15 is 0 Å². The number of halogens is 1. The van der Waals surface area contributed by atoms with Gasteiger partial charge in [-0.1, -0.05) is 12.1 Å². The largest absolute Gasteiger partial charge is 0.497 e. The van der Waals surface area contributed by atoms with E-state index in [1.807, 2.05) is 12.1 Å². The predicted molar refractivity (Wildman–Crippen MR) is 83.4 cm³/mol. The van der Waals surface area contributed by atoms with E-state index in [4.69, 9.17) is 15.2 Å². The zero-order chi connectivity index (χ0) is 15.5. The van der Waals surface area contributed by atoms with Crippen LogP contribution in [0.4, 0.5) is 10.1 Å². The van der Waals surface area contributed by atoms with Gasteiger partial charge >= 0.3 is 0 Å². The molecule has 5 heteroatoms. The van der Waals surface area contributed by atoms with Crippen molar-refractivity contribution in [2.75, 3.05) is 12.8 Å². The van der Waals surface area contributed by atoms with Crippen molar-refractivity contribution in [1.82, 2.24) is 4.98 Å². The van der Waals surface area contributed by atoms with E-state index < -0.39 is 0 Å². The first-order valence-electron chi connectivity index (χ1n) is 6.77. The number of benzene rings is 2. The van der Waals surface area contributed by atoms with Gasteiger partial charge in [-0.25, -0.2) is 9.37 Å². The second-order valence-corrected chi connectivity index (χ2v) is 4.85. The summed E-state index contributed by atoms with van der Waals surface area (Å²) in [6.45, 7) is 0.314. The molecule has 3 aromatic rings. The van der Waals surface area contributed by atoms with Gasteiger partial charge in [0.25, 0.3) is 0 Å². The molecule has 0 spiro atoms. The maximum atomic E-state index is 12.9. The van der Waals surface area contributed by atoms with Gasteiger partial charge in [-0.15, -0.1) is 0 Å². The van der Waals surface area contributed by atoms with Crippen molar-refractivity contribution in [3.8, 4) is 11.6 Å². The molecule has 0 saturated heterocycles. The molecule has 0 amide bonds. The first-order valence-corrected chi connectivity index (χ1v) is 6.77. The predicted octanol–water partition coefficient (Wildman–Crippen LogP) is 3.54. The van der Waals surface area contributed by atoms with Crippen LogP contribution in [0.25, 0.3) is 10.9 Å². The quantitative estimate of drug-likeness (QED) is 0.748. The zero-order valence-corrected chi connectivity index (χ0v) is 12.0. The number of anilines is 1. The highest BCUT2D eigenvalue weighted by atomic mass is 19.1. The number of aromatic nitrogens is 1. The number of nitrogen functional groups attached to an aromatic ring is 1. The van der Waals surface area contributed by atoms with E-state index in [1.54, 1.807) is 31.4 Å². The van der Waals surface area contributed by atoms with Crippen molar-refractivity contribution in [3.63, 3.8) is 0 Å². The van der Waals surface area contributed by atoms with Gasteiger partial charge < -0.3 is 15.2 Å². The monoisotopic (exact) mass is 298 g/mol. The fourth-order valence-electron chi connectivity index (χ4n) is 2.15. The minimum atomic E-state index is -0.269. The number of hydrogen-bond acceptors (Lipinski definition) is 4. The minimum absolute atomic E-state index is 0.269. The van der Waals surface area contributed by atoms with Crippen molar-refractivity contribution >= 4 is 16.6 Å². The third-order valence-electron chi connectivity index (χ3n) is 3.31. The molecule has 0 radical (unpaired) electrons. The Hall–Kier alpha value is -2.82. The number of rotatable bonds is 4. The summed E-state index contributed by atoms with van der Waals surface area (Å²) >= 11 is 0. The molecular weight excluding hydrogens is 283 g/mol. The molecule has 0 aliphatic heterocycles. The number of ether oxygens (including phenoxy) is 2. The molecule has 22 heavy (non-hydrogen) atoms. The lowest BCUT2D eigenvalue weighted by atomic mass is 10.2. The molecule has 0 fully saturated rings. The van der Waals surface area contributed by atoms with Crippen LogP contribution in [0.2, 0.25) is 0 Å². The maximum Gasteiger partial charge on any atom is 0.214 e. The molecule has 1 aromatic heterocycles. The Morgan fingerprint density at radius 2 is 1.86 bits per heavy atom. The maximum absolute atomic E-state index is 12.9. The zero-order valence-electron chi connectivity index (χ0n) is 12.0. The highest BCUT2D eigenvalue weighted by molar-refractivity contribution is 5.91. The molecule has 2 N–H and O–H groups in total. The SMILES string of the molecule is COc1cc(N)c2nc(OCc3ccc(F)cc3)ccc2c1.